The fourth-order valence-electron chi connectivity index (χ4n) is 3.83. The molecule has 1 fully saturated rings. The van der Waals surface area contributed by atoms with Crippen molar-refractivity contribution in [3.05, 3.63) is 23.7 Å². The van der Waals surface area contributed by atoms with Crippen LogP contribution in [0.25, 0.3) is 0 Å². The van der Waals surface area contributed by atoms with E-state index in [1.807, 2.05) is 0 Å². The van der Waals surface area contributed by atoms with Gasteiger partial charge >= 0.3 is 11.9 Å². The van der Waals surface area contributed by atoms with Crippen LogP contribution in [-0.2, 0) is 19.1 Å². The summed E-state index contributed by atoms with van der Waals surface area (Å²) < 4.78 is 151. The van der Waals surface area contributed by atoms with Crippen molar-refractivity contribution in [2.45, 2.75) is 91.2 Å². The van der Waals surface area contributed by atoms with Crippen LogP contribution in [-0.4, -0.2) is 35.4 Å². The third-order valence-corrected chi connectivity index (χ3v) is 5.46. The maximum atomic E-state index is 13.9. The predicted octanol–water partition coefficient (Wildman–Crippen LogP) is 4.59. The number of esters is 2. The van der Waals surface area contributed by atoms with Crippen molar-refractivity contribution in [1.29, 1.82) is 0 Å². The summed E-state index contributed by atoms with van der Waals surface area (Å²) in [6.45, 7) is -4.80. The molecule has 3 unspecified atom stereocenters. The second-order valence-corrected chi connectivity index (χ2v) is 7.95. The summed E-state index contributed by atoms with van der Waals surface area (Å²) in [5.41, 5.74) is -3.92. The van der Waals surface area contributed by atoms with Crippen LogP contribution in [0.2, 0.25) is 0 Å². The Morgan fingerprint density at radius 1 is 1.53 bits per heavy atom. The molecule has 0 aromatic carbocycles. The smallest absolute Gasteiger partial charge is 0.311 e. The van der Waals surface area contributed by atoms with Crippen LogP contribution in [0, 0.1) is 29.0 Å². The van der Waals surface area contributed by atoms with E-state index in [1.165, 1.54) is 6.92 Å². The van der Waals surface area contributed by atoms with Gasteiger partial charge in [-0.1, -0.05) is 38.9 Å². The summed E-state index contributed by atoms with van der Waals surface area (Å²) in [6.07, 6.45) is -15.8. The first-order valence-corrected chi connectivity index (χ1v) is 9.75. The van der Waals surface area contributed by atoms with Gasteiger partial charge in [0, 0.05) is 31.5 Å². The third-order valence-electron chi connectivity index (χ3n) is 5.46. The lowest BCUT2D eigenvalue weighted by Crippen LogP contribution is -2.43. The summed E-state index contributed by atoms with van der Waals surface area (Å²) in [5.74, 6) is -11.2. The number of aliphatic hydroxyl groups excluding tert-OH is 1. The lowest BCUT2D eigenvalue weighted by Gasteiger charge is -2.44. The largest absolute Gasteiger partial charge is 0.462 e. The van der Waals surface area contributed by atoms with Gasteiger partial charge in [0.25, 0.3) is 0 Å². The second kappa shape index (κ2) is 9.25. The van der Waals surface area contributed by atoms with Crippen LogP contribution in [0.5, 0.6) is 0 Å². The standard InChI is InChI=1S/C25H38O5/c1-6-25(4,5)24(28)30-21-12-15(2)11-17-8-7-16(3)20(23(17)21)10-9-19-13-18(26)14-22(27)29-19/h7-8,11,15-16,18-21,23,26H,6,9-10,12-14H2,1-5H3/t15-,16-,18+,19?,20-,21?,23-/m0/s1/i1D3,4D3,6D2,7D,8D,11D,12D2,14D2,15D,16D/t15-,16-,18+,19?,20-,21?,23-,25?. The normalized spacial score (nSPS) is 57.0. The van der Waals surface area contributed by atoms with Crippen LogP contribution in [0.15, 0.2) is 23.7 Å². The summed E-state index contributed by atoms with van der Waals surface area (Å²) in [6, 6.07) is -2.23. The number of carbonyl (C=O) groups excluding carboxylic acids is 2. The van der Waals surface area contributed by atoms with Gasteiger partial charge in [0.15, 0.2) is 0 Å². The number of ether oxygens (including phenoxy) is 2. The zero-order chi connectivity index (χ0) is 36.9. The first kappa shape index (κ1) is 9.48. The van der Waals surface area contributed by atoms with Gasteiger partial charge in [0.2, 0.25) is 0 Å². The first-order chi connectivity index (χ1) is 20.8. The average Bonchev–Trinajstić information content (AvgIpc) is 2.89. The van der Waals surface area contributed by atoms with Gasteiger partial charge < -0.3 is 14.6 Å². The number of cyclic esters (lactones) is 1. The van der Waals surface area contributed by atoms with E-state index in [-0.39, 0.29) is 19.3 Å². The van der Waals surface area contributed by atoms with Crippen LogP contribution in [0.3, 0.4) is 0 Å². The zero-order valence-electron chi connectivity index (χ0n) is 34.1. The van der Waals surface area contributed by atoms with Crippen LogP contribution < -0.4 is 0 Å². The van der Waals surface area contributed by atoms with Crippen molar-refractivity contribution in [3.8, 4) is 0 Å². The van der Waals surface area contributed by atoms with Gasteiger partial charge in [-0.05, 0) is 62.6 Å². The van der Waals surface area contributed by atoms with Crippen LogP contribution in [0.4, 0.5) is 0 Å². The molecule has 5 nitrogen and oxygen atoms in total. The van der Waals surface area contributed by atoms with Gasteiger partial charge in [-0.25, -0.2) is 0 Å². The van der Waals surface area contributed by atoms with E-state index in [0.29, 0.717) is 6.92 Å². The number of carbonyl (C=O) groups is 2. The molecule has 0 bridgehead atoms. The van der Waals surface area contributed by atoms with E-state index in [0.717, 1.165) is 6.92 Å². The third kappa shape index (κ3) is 5.16. The highest BCUT2D eigenvalue weighted by Crippen LogP contribution is 2.45. The molecule has 3 rings (SSSR count). The summed E-state index contributed by atoms with van der Waals surface area (Å²) >= 11 is 0. The quantitative estimate of drug-likeness (QED) is 0.618. The molecule has 1 aliphatic heterocycles. The highest BCUT2D eigenvalue weighted by Gasteiger charge is 2.43. The van der Waals surface area contributed by atoms with E-state index < -0.39 is 116 Å². The van der Waals surface area contributed by atoms with E-state index in [1.54, 1.807) is 0 Å². The molecule has 3 aliphatic rings. The number of rotatable bonds is 6. The lowest BCUT2D eigenvalue weighted by molar-refractivity contribution is -0.166. The SMILES string of the molecule is [2H]C1=C([2H])[C@]([2H])(C)[C@H](CCC2C[C@@H](O)C([2H])([2H])C(=O)O2)[C@@H]2C1=C([2H])[C@]([2H])(C)C([2H])([2H])C2OC(=O)C(C)(C([2H])([2H])[2H])C([2H])([2H])C([2H])([2H])[2H]. The van der Waals surface area contributed by atoms with Crippen LogP contribution >= 0.6 is 0 Å². The maximum Gasteiger partial charge on any atom is 0.311 e. The van der Waals surface area contributed by atoms with Gasteiger partial charge in [-0.15, -0.1) is 0 Å². The Morgan fingerprint density at radius 3 is 3.03 bits per heavy atom. The van der Waals surface area contributed by atoms with Crippen LogP contribution in [0.1, 0.15) is 96.2 Å². The molecule has 1 N–H and O–H groups in total. The van der Waals surface area contributed by atoms with E-state index in [9.17, 15) is 14.7 Å². The summed E-state index contributed by atoms with van der Waals surface area (Å²) in [4.78, 5) is 26.1. The number of allylic oxidation sites excluding steroid dienone is 3. The van der Waals surface area contributed by atoms with E-state index in [2.05, 4.69) is 0 Å². The molecule has 0 spiro atoms. The van der Waals surface area contributed by atoms with Gasteiger partial charge in [-0.2, -0.15) is 0 Å². The Bertz CT molecular complexity index is 1360. The first-order valence-electron chi connectivity index (χ1n) is 18.3. The van der Waals surface area contributed by atoms with Crippen molar-refractivity contribution in [1.82, 2.24) is 0 Å². The number of hydrogen-bond acceptors (Lipinski definition) is 5. The summed E-state index contributed by atoms with van der Waals surface area (Å²) in [5, 5.41) is 10.2. The molecule has 0 aromatic rings. The molecule has 5 heteroatoms. The van der Waals surface area contributed by atoms with Crippen molar-refractivity contribution in [3.63, 3.8) is 0 Å². The van der Waals surface area contributed by atoms with Crippen molar-refractivity contribution in [2.75, 3.05) is 0 Å². The minimum absolute atomic E-state index is 0.230. The topological polar surface area (TPSA) is 72.8 Å². The average molecular weight is 436 g/mol. The Labute approximate surface area is 204 Å². The molecule has 1 saturated heterocycles. The predicted molar refractivity (Wildman–Crippen MR) is 115 cm³/mol. The fourth-order valence-corrected chi connectivity index (χ4v) is 3.83. The molecular formula is C25H38O5. The van der Waals surface area contributed by atoms with Crippen molar-refractivity contribution < 1.29 is 47.5 Å². The molecule has 0 amide bonds. The van der Waals surface area contributed by atoms with Gasteiger partial charge in [0.05, 0.1) is 22.0 Å². The molecule has 0 radical (unpaired) electrons. The molecule has 30 heavy (non-hydrogen) atoms. The zero-order valence-corrected chi connectivity index (χ0v) is 17.1. The minimum Gasteiger partial charge on any atom is -0.462 e. The Morgan fingerprint density at radius 2 is 2.33 bits per heavy atom. The molecule has 1 heterocycles. The molecule has 0 aromatic heterocycles. The van der Waals surface area contributed by atoms with Crippen molar-refractivity contribution in [2.24, 2.45) is 29.0 Å². The highest BCUT2D eigenvalue weighted by molar-refractivity contribution is 5.76. The lowest BCUT2D eigenvalue weighted by atomic mass is 9.65. The fraction of sp³-hybridized carbons (Fsp3) is 0.760. The second-order valence-electron chi connectivity index (χ2n) is 7.95. The molecular weight excluding hydrogens is 380 g/mol. The number of fused-ring (bicyclic) bond motifs is 1. The molecule has 168 valence electrons. The monoisotopic (exact) mass is 435 g/mol. The van der Waals surface area contributed by atoms with Crippen molar-refractivity contribution >= 4 is 11.9 Å². The van der Waals surface area contributed by atoms with Gasteiger partial charge in [-0.3, -0.25) is 9.59 Å². The molecule has 8 atom stereocenters. The maximum absolute atomic E-state index is 13.9. The molecule has 0 saturated carbocycles. The Kier molecular flexibility index (Phi) is 2.92. The number of aliphatic hydroxyl groups is 1. The molecule has 2 aliphatic carbocycles. The Hall–Kier alpha value is -1.62. The van der Waals surface area contributed by atoms with E-state index in [4.69, 9.17) is 32.8 Å². The van der Waals surface area contributed by atoms with Gasteiger partial charge in [0.1, 0.15) is 12.2 Å². The highest BCUT2D eigenvalue weighted by atomic mass is 16.6. The Balaban J connectivity index is 2.23. The van der Waals surface area contributed by atoms with E-state index >= 15 is 0 Å². The number of hydrogen-bond donors (Lipinski definition) is 1. The minimum atomic E-state index is -3.78. The summed E-state index contributed by atoms with van der Waals surface area (Å²) in [7, 11) is 0.